The molecule has 0 amide bonds. The van der Waals surface area contributed by atoms with Gasteiger partial charge in [0.15, 0.2) is 0 Å². The molecular formula is C12H15N. The summed E-state index contributed by atoms with van der Waals surface area (Å²) in [6.45, 7) is -0.544. The number of hydrogen-bond donors (Lipinski definition) is 0. The number of likely N-dealkylation sites (N-methyl/N-ethyl adjacent to an activating group) is 1. The van der Waals surface area contributed by atoms with Crippen LogP contribution in [0, 0.1) is 0 Å². The molecule has 0 spiro atoms. The van der Waals surface area contributed by atoms with E-state index in [0.29, 0.717) is 0 Å². The first-order valence-electron chi connectivity index (χ1n) is 5.58. The predicted octanol–water partition coefficient (Wildman–Crippen LogP) is 2.41. The van der Waals surface area contributed by atoms with Crippen LogP contribution in [0.15, 0.2) is 36.4 Å². The van der Waals surface area contributed by atoms with Crippen molar-refractivity contribution in [3.8, 4) is 0 Å². The molecule has 0 radical (unpaired) electrons. The smallest absolute Gasteiger partial charge is 0.0475 e. The Balaban J connectivity index is 2.33. The average Bonchev–Trinajstić information content (AvgIpc) is 2.23. The van der Waals surface area contributed by atoms with Crippen molar-refractivity contribution in [2.24, 2.45) is 0 Å². The maximum atomic E-state index is 7.83. The van der Waals surface area contributed by atoms with Gasteiger partial charge in [-0.25, -0.2) is 0 Å². The molecular weight excluding hydrogens is 158 g/mol. The second-order valence-corrected chi connectivity index (χ2v) is 3.34. The van der Waals surface area contributed by atoms with Gasteiger partial charge in [0, 0.05) is 15.8 Å². The maximum absolute atomic E-state index is 7.83. The molecule has 1 nitrogen and oxygen atoms in total. The summed E-state index contributed by atoms with van der Waals surface area (Å²) in [6.07, 6.45) is 2.64. The summed E-state index contributed by atoms with van der Waals surface area (Å²) >= 11 is 0. The van der Waals surface area contributed by atoms with Gasteiger partial charge in [0.1, 0.15) is 0 Å². The SMILES string of the molecule is [2H]C1([2H])C=C(c2ccccc2)CCN1C. The van der Waals surface area contributed by atoms with Crippen molar-refractivity contribution in [3.63, 3.8) is 0 Å². The molecule has 1 heteroatoms. The average molecular weight is 175 g/mol. The zero-order valence-corrected chi connectivity index (χ0v) is 7.83. The summed E-state index contributed by atoms with van der Waals surface area (Å²) in [7, 11) is 1.82. The Morgan fingerprint density at radius 1 is 1.31 bits per heavy atom. The van der Waals surface area contributed by atoms with Gasteiger partial charge in [0.25, 0.3) is 0 Å². The van der Waals surface area contributed by atoms with Crippen LogP contribution in [0.1, 0.15) is 14.7 Å². The van der Waals surface area contributed by atoms with E-state index in [1.165, 1.54) is 0 Å². The largest absolute Gasteiger partial charge is 0.302 e. The van der Waals surface area contributed by atoms with E-state index >= 15 is 0 Å². The first-order valence-corrected chi connectivity index (χ1v) is 4.58. The van der Waals surface area contributed by atoms with Gasteiger partial charge in [0.05, 0.1) is 0 Å². The fraction of sp³-hybridized carbons (Fsp3) is 0.333. The Hall–Kier alpha value is -1.08. The Morgan fingerprint density at radius 2 is 2.08 bits per heavy atom. The minimum absolute atomic E-state index is 0.772. The molecule has 0 saturated heterocycles. The normalized spacial score (nSPS) is 24.5. The van der Waals surface area contributed by atoms with Crippen molar-refractivity contribution in [2.75, 3.05) is 20.1 Å². The molecule has 1 aliphatic rings. The fourth-order valence-corrected chi connectivity index (χ4v) is 1.49. The zero-order valence-electron chi connectivity index (χ0n) is 9.83. The topological polar surface area (TPSA) is 3.24 Å². The standard InChI is InChI=1S/C12H15N/c1-13-9-7-12(8-10-13)11-5-3-2-4-6-11/h2-7H,8-10H2,1H3/i9D2. The molecule has 1 aromatic rings. The molecule has 0 N–H and O–H groups in total. The molecule has 0 saturated carbocycles. The van der Waals surface area contributed by atoms with E-state index in [4.69, 9.17) is 2.74 Å². The van der Waals surface area contributed by atoms with Gasteiger partial charge in [-0.15, -0.1) is 0 Å². The molecule has 0 unspecified atom stereocenters. The lowest BCUT2D eigenvalue weighted by molar-refractivity contribution is 0.370. The molecule has 0 fully saturated rings. The Labute approximate surface area is 82.5 Å². The zero-order chi connectivity index (χ0) is 10.9. The van der Waals surface area contributed by atoms with Gasteiger partial charge in [-0.3, -0.25) is 0 Å². The van der Waals surface area contributed by atoms with E-state index in [9.17, 15) is 0 Å². The van der Waals surface area contributed by atoms with E-state index < -0.39 is 6.50 Å². The van der Waals surface area contributed by atoms with E-state index in [2.05, 4.69) is 0 Å². The molecule has 0 aromatic heterocycles. The summed E-state index contributed by atoms with van der Waals surface area (Å²) in [5.41, 5.74) is 2.24. The minimum Gasteiger partial charge on any atom is -0.302 e. The third-order valence-corrected chi connectivity index (χ3v) is 2.32. The molecule has 0 bridgehead atoms. The number of nitrogens with zero attached hydrogens (tertiary/aromatic N) is 1. The van der Waals surface area contributed by atoms with Crippen LogP contribution in [0.4, 0.5) is 0 Å². The van der Waals surface area contributed by atoms with Gasteiger partial charge in [-0.2, -0.15) is 0 Å². The van der Waals surface area contributed by atoms with Crippen molar-refractivity contribution in [3.05, 3.63) is 42.0 Å². The fourth-order valence-electron chi connectivity index (χ4n) is 1.49. The first-order chi connectivity index (χ1) is 7.09. The highest BCUT2D eigenvalue weighted by Gasteiger charge is 2.08. The number of hydrogen-bond acceptors (Lipinski definition) is 1. The number of rotatable bonds is 1. The molecule has 0 aliphatic carbocycles. The van der Waals surface area contributed by atoms with Crippen LogP contribution >= 0.6 is 0 Å². The van der Waals surface area contributed by atoms with Crippen LogP contribution in [0.5, 0.6) is 0 Å². The Bertz CT molecular complexity index is 370. The van der Waals surface area contributed by atoms with Gasteiger partial charge in [-0.05, 0) is 24.6 Å². The summed E-state index contributed by atoms with van der Waals surface area (Å²) in [6, 6.07) is 10.0. The summed E-state index contributed by atoms with van der Waals surface area (Å²) in [5, 5.41) is 0. The third-order valence-electron chi connectivity index (χ3n) is 2.32. The van der Waals surface area contributed by atoms with E-state index in [1.54, 1.807) is 11.0 Å². The maximum Gasteiger partial charge on any atom is 0.0475 e. The highest BCUT2D eigenvalue weighted by atomic mass is 15.1. The summed E-state index contributed by atoms with van der Waals surface area (Å²) in [4.78, 5) is 1.74. The van der Waals surface area contributed by atoms with Crippen molar-refractivity contribution in [1.29, 1.82) is 0 Å². The van der Waals surface area contributed by atoms with Crippen LogP contribution in [-0.4, -0.2) is 25.0 Å². The van der Waals surface area contributed by atoms with Crippen LogP contribution in [0.3, 0.4) is 0 Å². The van der Waals surface area contributed by atoms with Crippen molar-refractivity contribution in [2.45, 2.75) is 6.42 Å². The van der Waals surface area contributed by atoms with Gasteiger partial charge in [-0.1, -0.05) is 36.4 Å². The van der Waals surface area contributed by atoms with Crippen molar-refractivity contribution >= 4 is 5.57 Å². The molecule has 1 aromatic carbocycles. The lowest BCUT2D eigenvalue weighted by atomic mass is 10.00. The van der Waals surface area contributed by atoms with Crippen molar-refractivity contribution in [1.82, 2.24) is 4.90 Å². The second kappa shape index (κ2) is 3.75. The molecule has 1 aliphatic heterocycles. The Morgan fingerprint density at radius 3 is 2.77 bits per heavy atom. The number of benzene rings is 1. The van der Waals surface area contributed by atoms with Gasteiger partial charge >= 0.3 is 0 Å². The molecule has 68 valence electrons. The van der Waals surface area contributed by atoms with Gasteiger partial charge < -0.3 is 4.90 Å². The van der Waals surface area contributed by atoms with Crippen LogP contribution in [-0.2, 0) is 0 Å². The van der Waals surface area contributed by atoms with Crippen LogP contribution < -0.4 is 0 Å². The molecule has 1 heterocycles. The molecule has 13 heavy (non-hydrogen) atoms. The summed E-state index contributed by atoms with van der Waals surface area (Å²) in [5.74, 6) is 0. The summed E-state index contributed by atoms with van der Waals surface area (Å²) < 4.78 is 15.7. The third kappa shape index (κ3) is 1.99. The van der Waals surface area contributed by atoms with Crippen LogP contribution in [0.25, 0.3) is 5.57 Å². The minimum atomic E-state index is -1.32. The van der Waals surface area contributed by atoms with E-state index in [-0.39, 0.29) is 0 Å². The van der Waals surface area contributed by atoms with Crippen molar-refractivity contribution < 1.29 is 2.74 Å². The lowest BCUT2D eigenvalue weighted by Gasteiger charge is -2.21. The second-order valence-electron chi connectivity index (χ2n) is 3.34. The lowest BCUT2D eigenvalue weighted by Crippen LogP contribution is -2.23. The first kappa shape index (κ1) is 6.39. The van der Waals surface area contributed by atoms with E-state index in [1.807, 2.05) is 37.4 Å². The predicted molar refractivity (Wildman–Crippen MR) is 56.5 cm³/mol. The van der Waals surface area contributed by atoms with E-state index in [0.717, 1.165) is 24.1 Å². The molecule has 2 rings (SSSR count). The highest BCUT2D eigenvalue weighted by molar-refractivity contribution is 5.66. The van der Waals surface area contributed by atoms with Gasteiger partial charge in [0.2, 0.25) is 0 Å². The van der Waals surface area contributed by atoms with Crippen LogP contribution in [0.2, 0.25) is 0 Å². The monoisotopic (exact) mass is 175 g/mol. The quantitative estimate of drug-likeness (QED) is 0.633. The highest BCUT2D eigenvalue weighted by Crippen LogP contribution is 2.20. The Kier molecular flexibility index (Phi) is 1.84. The molecule has 0 atom stereocenters.